The maximum absolute atomic E-state index is 12.7. The standard InChI is InChI=1S/C25H21F3O/c1-18(17-24(29)21-13-15-22(16-14-21)25(26,27)28)23-10-6-5-9-20(23)12-11-19-7-3-2-4-8-19/h2-16,18H,17H2,1H3/b12-11+/t18-/m0/s1. The van der Waals surface area contributed by atoms with E-state index in [4.69, 9.17) is 0 Å². The predicted octanol–water partition coefficient (Wildman–Crippen LogP) is 7.25. The van der Waals surface area contributed by atoms with Gasteiger partial charge in [-0.05, 0) is 34.7 Å². The van der Waals surface area contributed by atoms with Crippen molar-refractivity contribution in [2.45, 2.75) is 25.4 Å². The topological polar surface area (TPSA) is 17.1 Å². The number of alkyl halides is 3. The maximum Gasteiger partial charge on any atom is 0.416 e. The van der Waals surface area contributed by atoms with Gasteiger partial charge < -0.3 is 0 Å². The zero-order valence-corrected chi connectivity index (χ0v) is 16.0. The number of Topliss-reactive ketones (excluding diaryl/α,β-unsaturated/α-hetero) is 1. The minimum Gasteiger partial charge on any atom is -0.294 e. The summed E-state index contributed by atoms with van der Waals surface area (Å²) in [6.07, 6.45) is -0.145. The fourth-order valence-electron chi connectivity index (χ4n) is 3.21. The van der Waals surface area contributed by atoms with Gasteiger partial charge in [-0.15, -0.1) is 0 Å². The molecule has 3 rings (SSSR count). The van der Waals surface area contributed by atoms with Crippen molar-refractivity contribution >= 4 is 17.9 Å². The molecule has 0 saturated heterocycles. The van der Waals surface area contributed by atoms with Crippen molar-refractivity contribution in [1.82, 2.24) is 0 Å². The number of hydrogen-bond donors (Lipinski definition) is 0. The van der Waals surface area contributed by atoms with Gasteiger partial charge in [-0.1, -0.05) is 85.8 Å². The molecule has 29 heavy (non-hydrogen) atoms. The second-order valence-electron chi connectivity index (χ2n) is 6.98. The highest BCUT2D eigenvalue weighted by Gasteiger charge is 2.30. The quantitative estimate of drug-likeness (QED) is 0.318. The summed E-state index contributed by atoms with van der Waals surface area (Å²) in [6.45, 7) is 1.96. The summed E-state index contributed by atoms with van der Waals surface area (Å²) in [6, 6.07) is 22.2. The number of rotatable bonds is 6. The van der Waals surface area contributed by atoms with Crippen LogP contribution in [0.1, 0.15) is 51.9 Å². The van der Waals surface area contributed by atoms with Crippen molar-refractivity contribution in [3.63, 3.8) is 0 Å². The molecule has 0 heterocycles. The third-order valence-electron chi connectivity index (χ3n) is 4.81. The van der Waals surface area contributed by atoms with Crippen LogP contribution in [0.15, 0.2) is 78.9 Å². The van der Waals surface area contributed by atoms with Crippen molar-refractivity contribution in [1.29, 1.82) is 0 Å². The van der Waals surface area contributed by atoms with Gasteiger partial charge in [0.1, 0.15) is 0 Å². The first kappa shape index (κ1) is 20.6. The van der Waals surface area contributed by atoms with E-state index in [0.717, 1.165) is 28.8 Å². The second-order valence-corrected chi connectivity index (χ2v) is 6.98. The Balaban J connectivity index is 1.74. The van der Waals surface area contributed by atoms with Gasteiger partial charge in [0.25, 0.3) is 0 Å². The highest BCUT2D eigenvalue weighted by Crippen LogP contribution is 2.30. The maximum atomic E-state index is 12.7. The number of carbonyl (C=O) groups is 1. The van der Waals surface area contributed by atoms with E-state index >= 15 is 0 Å². The zero-order chi connectivity index (χ0) is 20.9. The first-order valence-corrected chi connectivity index (χ1v) is 9.37. The SMILES string of the molecule is C[C@@H](CC(=O)c1ccc(C(F)(F)F)cc1)c1ccccc1/C=C/c1ccccc1. The van der Waals surface area contributed by atoms with Gasteiger partial charge in [0.05, 0.1) is 5.56 Å². The Kier molecular flexibility index (Phi) is 6.32. The lowest BCUT2D eigenvalue weighted by atomic mass is 9.89. The summed E-state index contributed by atoms with van der Waals surface area (Å²) in [4.78, 5) is 12.6. The highest BCUT2D eigenvalue weighted by atomic mass is 19.4. The Hall–Kier alpha value is -3.14. The molecule has 0 spiro atoms. The van der Waals surface area contributed by atoms with Crippen LogP contribution in [0.4, 0.5) is 13.2 Å². The molecule has 0 saturated carbocycles. The molecule has 0 aliphatic carbocycles. The summed E-state index contributed by atoms with van der Waals surface area (Å²) in [5.74, 6) is -0.241. The predicted molar refractivity (Wildman–Crippen MR) is 111 cm³/mol. The van der Waals surface area contributed by atoms with Crippen LogP contribution in [0.5, 0.6) is 0 Å². The van der Waals surface area contributed by atoms with Crippen molar-refractivity contribution in [3.05, 3.63) is 107 Å². The van der Waals surface area contributed by atoms with Gasteiger partial charge in [0, 0.05) is 12.0 Å². The third-order valence-corrected chi connectivity index (χ3v) is 4.81. The Bertz CT molecular complexity index is 987. The first-order chi connectivity index (χ1) is 13.8. The summed E-state index contributed by atoms with van der Waals surface area (Å²) in [5, 5.41) is 0. The van der Waals surface area contributed by atoms with E-state index in [0.29, 0.717) is 5.56 Å². The second kappa shape index (κ2) is 8.91. The zero-order valence-electron chi connectivity index (χ0n) is 16.0. The smallest absolute Gasteiger partial charge is 0.294 e. The van der Waals surface area contributed by atoms with E-state index in [1.165, 1.54) is 12.1 Å². The molecule has 0 aliphatic heterocycles. The summed E-state index contributed by atoms with van der Waals surface area (Å²) in [5.41, 5.74) is 2.67. The molecular weight excluding hydrogens is 373 g/mol. The van der Waals surface area contributed by atoms with Crippen molar-refractivity contribution in [2.75, 3.05) is 0 Å². The van der Waals surface area contributed by atoms with Crippen molar-refractivity contribution < 1.29 is 18.0 Å². The Morgan fingerprint density at radius 3 is 2.14 bits per heavy atom. The molecule has 1 atom stereocenters. The fraction of sp³-hybridized carbons (Fsp3) is 0.160. The Morgan fingerprint density at radius 1 is 0.862 bits per heavy atom. The Labute approximate surface area is 168 Å². The van der Waals surface area contributed by atoms with Crippen LogP contribution in [0.25, 0.3) is 12.2 Å². The molecule has 0 aliphatic rings. The van der Waals surface area contributed by atoms with Gasteiger partial charge in [0.2, 0.25) is 0 Å². The molecule has 0 bridgehead atoms. The normalized spacial score (nSPS) is 12.8. The number of hydrogen-bond acceptors (Lipinski definition) is 1. The van der Waals surface area contributed by atoms with E-state index in [2.05, 4.69) is 0 Å². The highest BCUT2D eigenvalue weighted by molar-refractivity contribution is 5.96. The molecule has 0 radical (unpaired) electrons. The van der Waals surface area contributed by atoms with Crippen molar-refractivity contribution in [2.24, 2.45) is 0 Å². The van der Waals surface area contributed by atoms with Crippen LogP contribution in [0.3, 0.4) is 0 Å². The van der Waals surface area contributed by atoms with Crippen LogP contribution in [-0.4, -0.2) is 5.78 Å². The fourth-order valence-corrected chi connectivity index (χ4v) is 3.21. The van der Waals surface area contributed by atoms with E-state index in [1.807, 2.05) is 73.7 Å². The first-order valence-electron chi connectivity index (χ1n) is 9.37. The average molecular weight is 394 g/mol. The van der Waals surface area contributed by atoms with E-state index < -0.39 is 11.7 Å². The number of carbonyl (C=O) groups excluding carboxylic acids is 1. The largest absolute Gasteiger partial charge is 0.416 e. The van der Waals surface area contributed by atoms with Crippen LogP contribution in [0.2, 0.25) is 0 Å². The van der Waals surface area contributed by atoms with Crippen molar-refractivity contribution in [3.8, 4) is 0 Å². The molecular formula is C25H21F3O. The number of benzene rings is 3. The molecule has 4 heteroatoms. The van der Waals surface area contributed by atoms with Crippen LogP contribution in [0, 0.1) is 0 Å². The molecule has 0 N–H and O–H groups in total. The number of ketones is 1. The summed E-state index contributed by atoms with van der Waals surface area (Å²) < 4.78 is 38.1. The van der Waals surface area contributed by atoms with Gasteiger partial charge in [-0.3, -0.25) is 4.79 Å². The third kappa shape index (κ3) is 5.44. The van der Waals surface area contributed by atoms with Crippen LogP contribution < -0.4 is 0 Å². The molecule has 1 nitrogen and oxygen atoms in total. The van der Waals surface area contributed by atoms with Gasteiger partial charge in [0.15, 0.2) is 5.78 Å². The molecule has 0 unspecified atom stereocenters. The lowest BCUT2D eigenvalue weighted by Crippen LogP contribution is -2.08. The molecule has 3 aromatic rings. The Morgan fingerprint density at radius 2 is 1.48 bits per heavy atom. The number of halogens is 3. The van der Waals surface area contributed by atoms with Crippen LogP contribution in [-0.2, 0) is 6.18 Å². The summed E-state index contributed by atoms with van der Waals surface area (Å²) >= 11 is 0. The molecule has 0 amide bonds. The van der Waals surface area contributed by atoms with E-state index in [1.54, 1.807) is 0 Å². The van der Waals surface area contributed by atoms with E-state index in [9.17, 15) is 18.0 Å². The van der Waals surface area contributed by atoms with Gasteiger partial charge in [-0.25, -0.2) is 0 Å². The van der Waals surface area contributed by atoms with Crippen LogP contribution >= 0.6 is 0 Å². The summed E-state index contributed by atoms with van der Waals surface area (Å²) in [7, 11) is 0. The average Bonchev–Trinajstić information content (AvgIpc) is 2.72. The monoisotopic (exact) mass is 394 g/mol. The van der Waals surface area contributed by atoms with Gasteiger partial charge >= 0.3 is 6.18 Å². The minimum absolute atomic E-state index is 0.0681. The van der Waals surface area contributed by atoms with E-state index in [-0.39, 0.29) is 18.1 Å². The lowest BCUT2D eigenvalue weighted by molar-refractivity contribution is -0.137. The van der Waals surface area contributed by atoms with Gasteiger partial charge in [-0.2, -0.15) is 13.2 Å². The molecule has 148 valence electrons. The molecule has 3 aromatic carbocycles. The lowest BCUT2D eigenvalue weighted by Gasteiger charge is -2.15. The molecule has 0 aromatic heterocycles. The molecule has 0 fully saturated rings. The minimum atomic E-state index is -4.40.